The predicted octanol–water partition coefficient (Wildman–Crippen LogP) is -4.86. The summed E-state index contributed by atoms with van der Waals surface area (Å²) in [6.45, 7) is 7.05. The normalized spacial score (nSPS) is 11.9. The Bertz CT molecular complexity index is 794. The van der Waals surface area contributed by atoms with Gasteiger partial charge in [-0.15, -0.1) is 0 Å². The zero-order valence-corrected chi connectivity index (χ0v) is 19.4. The number of hydrogen-bond donors (Lipinski definition) is 0. The largest absolute Gasteiger partial charge is 1.00 e. The molecule has 0 fully saturated rings. The molecule has 0 saturated carbocycles. The summed E-state index contributed by atoms with van der Waals surface area (Å²) < 4.78 is 9.09. The van der Waals surface area contributed by atoms with E-state index in [0.717, 1.165) is 32.6 Å². The Labute approximate surface area is 187 Å². The van der Waals surface area contributed by atoms with Crippen LogP contribution < -0.4 is 43.1 Å². The van der Waals surface area contributed by atoms with Crippen molar-refractivity contribution in [2.45, 2.75) is 46.4 Å². The highest BCUT2D eigenvalue weighted by atomic mass is 79.9. The van der Waals surface area contributed by atoms with E-state index < -0.39 is 0 Å². The molecule has 0 saturated heterocycles. The van der Waals surface area contributed by atoms with Crippen LogP contribution in [0.15, 0.2) is 61.7 Å². The number of ketones is 1. The number of fused-ring (bicyclic) bond motifs is 5. The summed E-state index contributed by atoms with van der Waals surface area (Å²) in [5, 5.41) is 0. The number of carbonyl (C=O) groups is 1. The molecule has 154 valence electrons. The maximum atomic E-state index is 9.44. The lowest BCUT2D eigenvalue weighted by molar-refractivity contribution is -0.692. The van der Waals surface area contributed by atoms with Crippen molar-refractivity contribution in [3.05, 3.63) is 72.8 Å². The number of aromatic nitrogens is 4. The lowest BCUT2D eigenvalue weighted by Gasteiger charge is -2.05. The molecular weight excluding hydrogens is 488 g/mol. The van der Waals surface area contributed by atoms with Crippen molar-refractivity contribution in [2.75, 3.05) is 0 Å². The molecule has 0 spiro atoms. The monoisotopic (exact) mass is 514 g/mol. The minimum absolute atomic E-state index is 0. The fourth-order valence-electron chi connectivity index (χ4n) is 3.02. The topological polar surface area (TPSA) is 66.2 Å². The Kier molecular flexibility index (Phi) is 11.8. The summed E-state index contributed by atoms with van der Waals surface area (Å²) in [4.78, 5) is 9.44. The molecule has 2 aromatic heterocycles. The van der Waals surface area contributed by atoms with Gasteiger partial charge in [0, 0.05) is 17.5 Å². The van der Waals surface area contributed by atoms with Crippen molar-refractivity contribution in [1.82, 2.24) is 9.13 Å². The number of aryl methyl sites for hydroxylation is 2. The van der Waals surface area contributed by atoms with E-state index >= 15 is 0 Å². The van der Waals surface area contributed by atoms with Crippen LogP contribution in [-0.4, -0.2) is 20.4 Å². The molecule has 3 heterocycles. The Balaban J connectivity index is 0.000000959. The standard InChI is InChI=1S/C17H20N4.C3H6O.2BrH.H2O/c1-2-5-17-13-21-11-9-19(15-21)7-3-6-18-8-10-20(14-18)12-16(17)4-1;1-3(2)4;;;/h1-2,4-5,8-11,14-15H,3,6-7,12-13H2;1-2H3;2*1H;1H2/q+2;;;;/p-2. The van der Waals surface area contributed by atoms with E-state index in [1.807, 2.05) is 0 Å². The van der Waals surface area contributed by atoms with Crippen LogP contribution in [0.3, 0.4) is 0 Å². The molecule has 1 aliphatic rings. The van der Waals surface area contributed by atoms with E-state index in [2.05, 4.69) is 80.0 Å². The highest BCUT2D eigenvalue weighted by Crippen LogP contribution is 2.09. The molecule has 28 heavy (non-hydrogen) atoms. The lowest BCUT2D eigenvalue weighted by atomic mass is 10.1. The van der Waals surface area contributed by atoms with Crippen LogP contribution in [-0.2, 0) is 31.0 Å². The van der Waals surface area contributed by atoms with Gasteiger partial charge in [0.05, 0.1) is 13.1 Å². The molecule has 1 aromatic carbocycles. The molecule has 8 heteroatoms. The average molecular weight is 516 g/mol. The van der Waals surface area contributed by atoms with Gasteiger partial charge in [-0.2, -0.15) is 0 Å². The van der Waals surface area contributed by atoms with Gasteiger partial charge in [-0.25, -0.2) is 18.3 Å². The lowest BCUT2D eigenvalue weighted by Crippen LogP contribution is -3.00. The maximum Gasteiger partial charge on any atom is 0.244 e. The molecule has 4 rings (SSSR count). The Morgan fingerprint density at radius 3 is 1.64 bits per heavy atom. The van der Waals surface area contributed by atoms with E-state index in [-0.39, 0.29) is 45.2 Å². The van der Waals surface area contributed by atoms with Gasteiger partial charge in [-0.1, -0.05) is 24.3 Å². The summed E-state index contributed by atoms with van der Waals surface area (Å²) in [6.07, 6.45) is 14.2. The molecule has 0 amide bonds. The zero-order chi connectivity index (χ0) is 17.6. The van der Waals surface area contributed by atoms with Crippen LogP contribution in [0.4, 0.5) is 0 Å². The molecule has 0 aliphatic carbocycles. The Morgan fingerprint density at radius 2 is 1.25 bits per heavy atom. The molecule has 3 aromatic rings. The molecule has 6 nitrogen and oxygen atoms in total. The Morgan fingerprint density at radius 1 is 0.857 bits per heavy atom. The summed E-state index contributed by atoms with van der Waals surface area (Å²) in [7, 11) is 0. The second-order valence-electron chi connectivity index (χ2n) is 6.68. The summed E-state index contributed by atoms with van der Waals surface area (Å²) in [5.74, 6) is 0.167. The number of Topliss-reactive ketones (excluding diaryl/α,β-unsaturated/α-hetero) is 1. The van der Waals surface area contributed by atoms with Crippen molar-refractivity contribution in [3.63, 3.8) is 0 Å². The second kappa shape index (κ2) is 12.6. The summed E-state index contributed by atoms with van der Waals surface area (Å²) in [5.41, 5.74) is 2.78. The molecule has 2 N–H and O–H groups in total. The van der Waals surface area contributed by atoms with Crippen molar-refractivity contribution >= 4 is 5.78 Å². The third-order valence-corrected chi connectivity index (χ3v) is 4.15. The zero-order valence-electron chi connectivity index (χ0n) is 16.3. The minimum Gasteiger partial charge on any atom is -1.00 e. The van der Waals surface area contributed by atoms with Gasteiger partial charge in [-0.3, -0.25) is 0 Å². The van der Waals surface area contributed by atoms with Gasteiger partial charge in [0.15, 0.2) is 0 Å². The number of carbonyl (C=O) groups excluding carboxylic acids is 1. The fraction of sp³-hybridized carbons (Fsp3) is 0.350. The van der Waals surface area contributed by atoms with Crippen LogP contribution in [0, 0.1) is 0 Å². The molecule has 0 unspecified atom stereocenters. The van der Waals surface area contributed by atoms with Crippen molar-refractivity contribution in [2.24, 2.45) is 0 Å². The quantitative estimate of drug-likeness (QED) is 0.277. The van der Waals surface area contributed by atoms with Crippen molar-refractivity contribution < 1.29 is 53.4 Å². The third kappa shape index (κ3) is 7.69. The molecule has 1 aliphatic heterocycles. The number of hydrogen-bond acceptors (Lipinski definition) is 1. The van der Waals surface area contributed by atoms with Gasteiger partial charge < -0.3 is 44.2 Å². The molecule has 0 radical (unpaired) electrons. The third-order valence-electron chi connectivity index (χ3n) is 4.15. The number of imidazole rings is 2. The number of rotatable bonds is 0. The predicted molar refractivity (Wildman–Crippen MR) is 98.5 cm³/mol. The van der Waals surface area contributed by atoms with Crippen molar-refractivity contribution in [1.29, 1.82) is 0 Å². The van der Waals surface area contributed by atoms with Gasteiger partial charge in [0.1, 0.15) is 43.7 Å². The first kappa shape index (κ1) is 26.2. The SMILES string of the molecule is CC(C)=O.O.[Br-].[Br-].c1ccc2c(c1)C[n+]1ccn(c1)CCCn1cc[n+](c1)C2. The van der Waals surface area contributed by atoms with Gasteiger partial charge >= 0.3 is 0 Å². The number of nitrogens with zero attached hydrogens (tertiary/aromatic N) is 4. The van der Waals surface area contributed by atoms with Gasteiger partial charge in [-0.05, 0) is 13.8 Å². The van der Waals surface area contributed by atoms with E-state index in [9.17, 15) is 4.79 Å². The highest BCUT2D eigenvalue weighted by molar-refractivity contribution is 5.72. The second-order valence-corrected chi connectivity index (χ2v) is 6.68. The van der Waals surface area contributed by atoms with Gasteiger partial charge in [0.25, 0.3) is 0 Å². The van der Waals surface area contributed by atoms with Crippen LogP contribution in [0.5, 0.6) is 0 Å². The van der Waals surface area contributed by atoms with E-state index in [1.54, 1.807) is 0 Å². The van der Waals surface area contributed by atoms with Crippen LogP contribution >= 0.6 is 0 Å². The van der Waals surface area contributed by atoms with Gasteiger partial charge in [0.2, 0.25) is 12.7 Å². The molecular formula is C20H28Br2N4O2. The first-order valence-corrected chi connectivity index (χ1v) is 8.74. The maximum absolute atomic E-state index is 9.44. The fourth-order valence-corrected chi connectivity index (χ4v) is 3.02. The van der Waals surface area contributed by atoms with Crippen LogP contribution in [0.2, 0.25) is 0 Å². The van der Waals surface area contributed by atoms with Crippen molar-refractivity contribution in [3.8, 4) is 0 Å². The van der Waals surface area contributed by atoms with Crippen LogP contribution in [0.1, 0.15) is 31.4 Å². The Hall–Kier alpha value is -1.77. The van der Waals surface area contributed by atoms with E-state index in [0.29, 0.717) is 0 Å². The molecule has 4 bridgehead atoms. The highest BCUT2D eigenvalue weighted by Gasteiger charge is 2.12. The first-order valence-electron chi connectivity index (χ1n) is 8.74. The number of halogens is 2. The average Bonchev–Trinajstić information content (AvgIpc) is 3.18. The smallest absolute Gasteiger partial charge is 0.244 e. The summed E-state index contributed by atoms with van der Waals surface area (Å²) in [6, 6.07) is 8.72. The minimum atomic E-state index is 0. The van der Waals surface area contributed by atoms with E-state index in [1.165, 1.54) is 25.0 Å². The summed E-state index contributed by atoms with van der Waals surface area (Å²) >= 11 is 0. The van der Waals surface area contributed by atoms with Crippen LogP contribution in [0.25, 0.3) is 0 Å². The van der Waals surface area contributed by atoms with E-state index in [4.69, 9.17) is 0 Å². The first-order chi connectivity index (χ1) is 12.1. The molecule has 0 atom stereocenters. The number of benzene rings is 1.